The molecule has 1 heterocycles. The molecule has 0 aliphatic carbocycles. The number of benzene rings is 1. The predicted octanol–water partition coefficient (Wildman–Crippen LogP) is 2.48. The van der Waals surface area contributed by atoms with Crippen LogP contribution < -0.4 is 9.48 Å². The van der Waals surface area contributed by atoms with E-state index in [0.29, 0.717) is 6.61 Å². The van der Waals surface area contributed by atoms with E-state index in [1.807, 2.05) is 51.2 Å². The molecule has 0 bridgehead atoms. The van der Waals surface area contributed by atoms with E-state index in [4.69, 9.17) is 9.26 Å². The molecule has 1 aromatic heterocycles. The molecule has 0 saturated heterocycles. The lowest BCUT2D eigenvalue weighted by Gasteiger charge is -2.01. The Morgan fingerprint density at radius 1 is 1.25 bits per heavy atom. The molecular formula is C13H16NO2+. The monoisotopic (exact) mass is 218 g/mol. The molecule has 0 saturated carbocycles. The van der Waals surface area contributed by atoms with Gasteiger partial charge in [-0.25, -0.2) is 4.52 Å². The number of ether oxygens (including phenoxy) is 1. The molecule has 3 nitrogen and oxygen atoms in total. The molecule has 84 valence electrons. The van der Waals surface area contributed by atoms with E-state index >= 15 is 0 Å². The van der Waals surface area contributed by atoms with Gasteiger partial charge in [-0.05, 0) is 35.9 Å². The summed E-state index contributed by atoms with van der Waals surface area (Å²) in [7, 11) is 1.90. The SMILES string of the molecule is CCOc1ccc(-c2cc(C)[n+](C)o2)cc1. The highest BCUT2D eigenvalue weighted by molar-refractivity contribution is 5.57. The second kappa shape index (κ2) is 4.39. The van der Waals surface area contributed by atoms with Crippen molar-refractivity contribution < 1.29 is 14.0 Å². The maximum atomic E-state index is 5.58. The summed E-state index contributed by atoms with van der Waals surface area (Å²) in [6, 6.07) is 9.94. The highest BCUT2D eigenvalue weighted by Crippen LogP contribution is 2.22. The van der Waals surface area contributed by atoms with E-state index in [-0.39, 0.29) is 0 Å². The Kier molecular flexibility index (Phi) is 2.95. The molecule has 1 aromatic carbocycles. The van der Waals surface area contributed by atoms with Gasteiger partial charge >= 0.3 is 0 Å². The van der Waals surface area contributed by atoms with Crippen LogP contribution in [0.15, 0.2) is 34.9 Å². The van der Waals surface area contributed by atoms with Gasteiger partial charge in [0.2, 0.25) is 11.5 Å². The van der Waals surface area contributed by atoms with Gasteiger partial charge in [0.25, 0.3) is 0 Å². The molecule has 0 spiro atoms. The van der Waals surface area contributed by atoms with Gasteiger partial charge in [0.05, 0.1) is 12.7 Å². The highest BCUT2D eigenvalue weighted by atomic mass is 16.5. The quantitative estimate of drug-likeness (QED) is 0.740. The Hall–Kier alpha value is -1.77. The molecule has 0 amide bonds. The highest BCUT2D eigenvalue weighted by Gasteiger charge is 2.12. The third-order valence-electron chi connectivity index (χ3n) is 2.52. The van der Waals surface area contributed by atoms with Crippen molar-refractivity contribution in [2.45, 2.75) is 13.8 Å². The van der Waals surface area contributed by atoms with Gasteiger partial charge in [-0.2, -0.15) is 0 Å². The third kappa shape index (κ3) is 2.08. The first-order valence-corrected chi connectivity index (χ1v) is 5.41. The van der Waals surface area contributed by atoms with Crippen molar-refractivity contribution in [3.8, 4) is 17.1 Å². The van der Waals surface area contributed by atoms with Crippen molar-refractivity contribution in [2.75, 3.05) is 6.61 Å². The Balaban J connectivity index is 2.27. The second-order valence-electron chi connectivity index (χ2n) is 3.70. The number of hydrogen-bond acceptors (Lipinski definition) is 2. The summed E-state index contributed by atoms with van der Waals surface area (Å²) in [6.45, 7) is 4.68. The number of aryl methyl sites for hydroxylation is 2. The van der Waals surface area contributed by atoms with Gasteiger partial charge in [-0.1, -0.05) is 0 Å². The van der Waals surface area contributed by atoms with Crippen LogP contribution in [-0.2, 0) is 7.05 Å². The van der Waals surface area contributed by atoms with Gasteiger partial charge in [0.1, 0.15) is 5.75 Å². The van der Waals surface area contributed by atoms with Crippen LogP contribution in [0.2, 0.25) is 0 Å². The van der Waals surface area contributed by atoms with Gasteiger partial charge in [-0.3, -0.25) is 0 Å². The van der Waals surface area contributed by atoms with Crippen molar-refractivity contribution in [2.24, 2.45) is 7.05 Å². The van der Waals surface area contributed by atoms with Crippen molar-refractivity contribution in [1.29, 1.82) is 0 Å². The van der Waals surface area contributed by atoms with E-state index in [1.165, 1.54) is 0 Å². The molecule has 0 atom stereocenters. The zero-order chi connectivity index (χ0) is 11.5. The fraction of sp³-hybridized carbons (Fsp3) is 0.308. The van der Waals surface area contributed by atoms with Crippen LogP contribution in [0, 0.1) is 6.92 Å². The molecule has 0 radical (unpaired) electrons. The first-order chi connectivity index (χ1) is 7.70. The Morgan fingerprint density at radius 2 is 1.94 bits per heavy atom. The number of aromatic nitrogens is 1. The molecule has 0 unspecified atom stereocenters. The third-order valence-corrected chi connectivity index (χ3v) is 2.52. The van der Waals surface area contributed by atoms with Crippen molar-refractivity contribution >= 4 is 0 Å². The molecule has 0 fully saturated rings. The molecule has 0 aliphatic rings. The standard InChI is InChI=1S/C13H16NO2/c1-4-15-12-7-5-11(6-8-12)13-9-10(2)14(3)16-13/h5-9H,4H2,1-3H3/q+1. The van der Waals surface area contributed by atoms with Gasteiger partial charge in [-0.15, -0.1) is 0 Å². The summed E-state index contributed by atoms with van der Waals surface area (Å²) in [5.41, 5.74) is 2.16. The minimum absolute atomic E-state index is 0.689. The summed E-state index contributed by atoms with van der Waals surface area (Å²) >= 11 is 0. The van der Waals surface area contributed by atoms with Crippen molar-refractivity contribution in [3.05, 3.63) is 36.0 Å². The predicted molar refractivity (Wildman–Crippen MR) is 61.2 cm³/mol. The summed E-state index contributed by atoms with van der Waals surface area (Å²) in [5, 5.41) is 0. The first-order valence-electron chi connectivity index (χ1n) is 5.41. The van der Waals surface area contributed by atoms with Crippen LogP contribution in [0.3, 0.4) is 0 Å². The average molecular weight is 218 g/mol. The van der Waals surface area contributed by atoms with E-state index in [0.717, 1.165) is 22.8 Å². The normalized spacial score (nSPS) is 10.4. The van der Waals surface area contributed by atoms with Crippen LogP contribution in [0.25, 0.3) is 11.3 Å². The maximum Gasteiger partial charge on any atom is 0.228 e. The van der Waals surface area contributed by atoms with Crippen molar-refractivity contribution in [3.63, 3.8) is 0 Å². The molecule has 2 rings (SSSR count). The van der Waals surface area contributed by atoms with E-state index in [1.54, 1.807) is 4.74 Å². The van der Waals surface area contributed by atoms with Gasteiger partial charge < -0.3 is 4.74 Å². The fourth-order valence-electron chi connectivity index (χ4n) is 1.54. The number of hydrogen-bond donors (Lipinski definition) is 0. The first kappa shape index (κ1) is 10.7. The van der Waals surface area contributed by atoms with Crippen LogP contribution in [0.1, 0.15) is 12.6 Å². The van der Waals surface area contributed by atoms with E-state index < -0.39 is 0 Å². The van der Waals surface area contributed by atoms with Crippen LogP contribution >= 0.6 is 0 Å². The minimum Gasteiger partial charge on any atom is -0.494 e. The van der Waals surface area contributed by atoms with Crippen LogP contribution in [-0.4, -0.2) is 6.61 Å². The summed E-state index contributed by atoms with van der Waals surface area (Å²) in [4.78, 5) is 0. The van der Waals surface area contributed by atoms with Gasteiger partial charge in [0.15, 0.2) is 7.05 Å². The maximum absolute atomic E-state index is 5.58. The lowest BCUT2D eigenvalue weighted by molar-refractivity contribution is -0.847. The summed E-state index contributed by atoms with van der Waals surface area (Å²) < 4.78 is 12.7. The second-order valence-corrected chi connectivity index (χ2v) is 3.70. The number of nitrogens with zero attached hydrogens (tertiary/aromatic N) is 1. The van der Waals surface area contributed by atoms with Crippen LogP contribution in [0.4, 0.5) is 0 Å². The molecular weight excluding hydrogens is 202 g/mol. The van der Waals surface area contributed by atoms with E-state index in [9.17, 15) is 0 Å². The largest absolute Gasteiger partial charge is 0.494 e. The molecule has 16 heavy (non-hydrogen) atoms. The summed E-state index contributed by atoms with van der Waals surface area (Å²) in [6.07, 6.45) is 0. The molecule has 0 N–H and O–H groups in total. The summed E-state index contributed by atoms with van der Waals surface area (Å²) in [5.74, 6) is 1.77. The zero-order valence-electron chi connectivity index (χ0n) is 9.86. The Labute approximate surface area is 95.2 Å². The Bertz CT molecular complexity index is 452. The Morgan fingerprint density at radius 3 is 2.44 bits per heavy atom. The van der Waals surface area contributed by atoms with Gasteiger partial charge in [0, 0.05) is 12.5 Å². The minimum atomic E-state index is 0.689. The zero-order valence-corrected chi connectivity index (χ0v) is 9.86. The molecule has 0 aliphatic heterocycles. The van der Waals surface area contributed by atoms with Crippen molar-refractivity contribution in [1.82, 2.24) is 0 Å². The van der Waals surface area contributed by atoms with E-state index in [2.05, 4.69) is 0 Å². The topological polar surface area (TPSA) is 26.2 Å². The lowest BCUT2D eigenvalue weighted by Crippen LogP contribution is -2.27. The molecule has 3 heteroatoms. The average Bonchev–Trinajstić information content (AvgIpc) is 2.61. The molecule has 2 aromatic rings. The fourth-order valence-corrected chi connectivity index (χ4v) is 1.54. The van der Waals surface area contributed by atoms with Crippen LogP contribution in [0.5, 0.6) is 5.75 Å². The lowest BCUT2D eigenvalue weighted by atomic mass is 10.1. The number of rotatable bonds is 3. The smallest absolute Gasteiger partial charge is 0.228 e.